The summed E-state index contributed by atoms with van der Waals surface area (Å²) in [4.78, 5) is 13.7. The van der Waals surface area contributed by atoms with E-state index in [1.165, 1.54) is 31.9 Å². The van der Waals surface area contributed by atoms with E-state index < -0.39 is 10.0 Å². The van der Waals surface area contributed by atoms with Gasteiger partial charge in [-0.2, -0.15) is 0 Å². The Hall–Kier alpha value is -1.44. The van der Waals surface area contributed by atoms with Crippen molar-refractivity contribution in [2.45, 2.75) is 49.6 Å². The Morgan fingerprint density at radius 3 is 2.22 bits per heavy atom. The number of anilines is 1. The van der Waals surface area contributed by atoms with Crippen LogP contribution in [0.3, 0.4) is 0 Å². The van der Waals surface area contributed by atoms with Crippen LogP contribution in [0, 0.1) is 0 Å². The number of nitrogens with one attached hydrogen (secondary N) is 2. The monoisotopic (exact) mass is 337 g/mol. The van der Waals surface area contributed by atoms with Gasteiger partial charge < -0.3 is 10.2 Å². The van der Waals surface area contributed by atoms with E-state index in [9.17, 15) is 13.2 Å². The summed E-state index contributed by atoms with van der Waals surface area (Å²) >= 11 is 0. The van der Waals surface area contributed by atoms with Crippen LogP contribution in [0.2, 0.25) is 0 Å². The lowest BCUT2D eigenvalue weighted by Crippen LogP contribution is -2.45. The number of rotatable bonds is 5. The van der Waals surface area contributed by atoms with E-state index in [-0.39, 0.29) is 16.8 Å². The van der Waals surface area contributed by atoms with Gasteiger partial charge in [0.1, 0.15) is 0 Å². The van der Waals surface area contributed by atoms with Crippen molar-refractivity contribution >= 4 is 21.6 Å². The fourth-order valence-electron chi connectivity index (χ4n) is 3.03. The number of amides is 1. The lowest BCUT2D eigenvalue weighted by Gasteiger charge is -2.32. The SMILES string of the molecule is CC(=O)Nc1ccc(S(=O)(=O)NC2CCN(C3CC3)CC2)cc1. The van der Waals surface area contributed by atoms with Gasteiger partial charge in [0.05, 0.1) is 4.90 Å². The third kappa shape index (κ3) is 4.31. The summed E-state index contributed by atoms with van der Waals surface area (Å²) in [6.07, 6.45) is 4.30. The highest BCUT2D eigenvalue weighted by molar-refractivity contribution is 7.89. The average Bonchev–Trinajstić information content (AvgIpc) is 3.32. The smallest absolute Gasteiger partial charge is 0.240 e. The second kappa shape index (κ2) is 6.59. The molecule has 0 spiro atoms. The number of carbonyl (C=O) groups is 1. The maximum Gasteiger partial charge on any atom is 0.240 e. The Bertz CT molecular complexity index is 660. The first-order chi connectivity index (χ1) is 10.9. The predicted octanol–water partition coefficient (Wildman–Crippen LogP) is 1.55. The highest BCUT2D eigenvalue weighted by Gasteiger charge is 2.32. The van der Waals surface area contributed by atoms with Gasteiger partial charge in [0.25, 0.3) is 0 Å². The molecule has 1 saturated carbocycles. The van der Waals surface area contributed by atoms with Gasteiger partial charge in [-0.1, -0.05) is 0 Å². The second-order valence-corrected chi connectivity index (χ2v) is 8.08. The van der Waals surface area contributed by atoms with Gasteiger partial charge in [0.15, 0.2) is 0 Å². The highest BCUT2D eigenvalue weighted by atomic mass is 32.2. The molecule has 6 nitrogen and oxygen atoms in total. The Balaban J connectivity index is 1.59. The van der Waals surface area contributed by atoms with Gasteiger partial charge in [-0.05, 0) is 63.0 Å². The number of carbonyl (C=O) groups excluding carboxylic acids is 1. The molecule has 2 aliphatic rings. The summed E-state index contributed by atoms with van der Waals surface area (Å²) in [6, 6.07) is 7.00. The summed E-state index contributed by atoms with van der Waals surface area (Å²) in [7, 11) is -3.51. The molecule has 1 aliphatic heterocycles. The number of sulfonamides is 1. The number of likely N-dealkylation sites (tertiary alicyclic amines) is 1. The van der Waals surface area contributed by atoms with Crippen molar-refractivity contribution in [3.63, 3.8) is 0 Å². The van der Waals surface area contributed by atoms with Gasteiger partial charge in [-0.3, -0.25) is 4.79 Å². The standard InChI is InChI=1S/C16H23N3O3S/c1-12(20)17-13-2-6-16(7-3-13)23(21,22)18-14-8-10-19(11-9-14)15-4-5-15/h2-3,6-7,14-15,18H,4-5,8-11H2,1H3,(H,17,20). The van der Waals surface area contributed by atoms with E-state index in [0.717, 1.165) is 32.0 Å². The number of piperidine rings is 1. The molecule has 7 heteroatoms. The van der Waals surface area contributed by atoms with E-state index in [1.54, 1.807) is 12.1 Å². The van der Waals surface area contributed by atoms with Crippen LogP contribution in [0.15, 0.2) is 29.2 Å². The minimum atomic E-state index is -3.51. The molecule has 126 valence electrons. The summed E-state index contributed by atoms with van der Waals surface area (Å²) in [5, 5.41) is 2.63. The zero-order chi connectivity index (χ0) is 16.4. The number of hydrogen-bond donors (Lipinski definition) is 2. The molecule has 1 amide bonds. The minimum absolute atomic E-state index is 0.00465. The van der Waals surface area contributed by atoms with Gasteiger partial charge in [-0.15, -0.1) is 0 Å². The van der Waals surface area contributed by atoms with E-state index >= 15 is 0 Å². The molecule has 2 fully saturated rings. The van der Waals surface area contributed by atoms with Crippen LogP contribution in [0.25, 0.3) is 0 Å². The van der Waals surface area contributed by atoms with Gasteiger partial charge in [-0.25, -0.2) is 13.1 Å². The van der Waals surface area contributed by atoms with E-state index in [4.69, 9.17) is 0 Å². The zero-order valence-corrected chi connectivity index (χ0v) is 14.1. The van der Waals surface area contributed by atoms with Gasteiger partial charge >= 0.3 is 0 Å². The normalized spacial score (nSPS) is 20.4. The molecule has 0 unspecified atom stereocenters. The van der Waals surface area contributed by atoms with E-state index in [1.807, 2.05) is 0 Å². The van der Waals surface area contributed by atoms with Gasteiger partial charge in [0, 0.05) is 24.7 Å². The molecule has 1 saturated heterocycles. The number of nitrogens with zero attached hydrogens (tertiary/aromatic N) is 1. The molecule has 0 atom stereocenters. The van der Waals surface area contributed by atoms with Crippen molar-refractivity contribution in [2.75, 3.05) is 18.4 Å². The van der Waals surface area contributed by atoms with Crippen molar-refractivity contribution in [3.05, 3.63) is 24.3 Å². The Kier molecular flexibility index (Phi) is 4.70. The van der Waals surface area contributed by atoms with Crippen LogP contribution in [0.1, 0.15) is 32.6 Å². The Morgan fingerprint density at radius 2 is 1.70 bits per heavy atom. The average molecular weight is 337 g/mol. The molecule has 1 aliphatic carbocycles. The molecular weight excluding hydrogens is 314 g/mol. The van der Waals surface area contributed by atoms with E-state index in [2.05, 4.69) is 14.9 Å². The largest absolute Gasteiger partial charge is 0.326 e. The molecule has 1 aromatic rings. The summed E-state index contributed by atoms with van der Waals surface area (Å²) in [5.74, 6) is -0.179. The lowest BCUT2D eigenvalue weighted by atomic mass is 10.1. The fourth-order valence-corrected chi connectivity index (χ4v) is 4.34. The van der Waals surface area contributed by atoms with Crippen LogP contribution in [-0.2, 0) is 14.8 Å². The zero-order valence-electron chi connectivity index (χ0n) is 13.3. The maximum absolute atomic E-state index is 12.4. The fraction of sp³-hybridized carbons (Fsp3) is 0.562. The third-order valence-electron chi connectivity index (χ3n) is 4.40. The molecule has 2 N–H and O–H groups in total. The molecule has 0 bridgehead atoms. The maximum atomic E-state index is 12.4. The van der Waals surface area contributed by atoms with Crippen molar-refractivity contribution in [2.24, 2.45) is 0 Å². The van der Waals surface area contributed by atoms with Crippen LogP contribution < -0.4 is 10.0 Å². The highest BCUT2D eigenvalue weighted by Crippen LogP contribution is 2.29. The molecular formula is C16H23N3O3S. The Morgan fingerprint density at radius 1 is 1.09 bits per heavy atom. The molecule has 1 heterocycles. The van der Waals surface area contributed by atoms with Crippen LogP contribution in [0.5, 0.6) is 0 Å². The topological polar surface area (TPSA) is 78.5 Å². The predicted molar refractivity (Wildman–Crippen MR) is 88.7 cm³/mol. The first kappa shape index (κ1) is 16.4. The van der Waals surface area contributed by atoms with Gasteiger partial charge in [0.2, 0.25) is 15.9 Å². The van der Waals surface area contributed by atoms with Crippen molar-refractivity contribution in [1.29, 1.82) is 0 Å². The minimum Gasteiger partial charge on any atom is -0.326 e. The van der Waals surface area contributed by atoms with Crippen molar-refractivity contribution in [1.82, 2.24) is 9.62 Å². The van der Waals surface area contributed by atoms with Crippen LogP contribution in [-0.4, -0.2) is 44.4 Å². The number of benzene rings is 1. The molecule has 3 rings (SSSR count). The second-order valence-electron chi connectivity index (χ2n) is 6.37. The quantitative estimate of drug-likeness (QED) is 0.854. The summed E-state index contributed by atoms with van der Waals surface area (Å²) in [6.45, 7) is 3.36. The molecule has 0 aromatic heterocycles. The Labute approximate surface area is 137 Å². The lowest BCUT2D eigenvalue weighted by molar-refractivity contribution is -0.114. The van der Waals surface area contributed by atoms with E-state index in [0.29, 0.717) is 5.69 Å². The van der Waals surface area contributed by atoms with Crippen molar-refractivity contribution < 1.29 is 13.2 Å². The first-order valence-corrected chi connectivity index (χ1v) is 9.56. The van der Waals surface area contributed by atoms with Crippen LogP contribution >= 0.6 is 0 Å². The molecule has 0 radical (unpaired) electrons. The molecule has 1 aromatic carbocycles. The summed E-state index contributed by atoms with van der Waals surface area (Å²) < 4.78 is 27.7. The first-order valence-electron chi connectivity index (χ1n) is 8.08. The van der Waals surface area contributed by atoms with Crippen molar-refractivity contribution in [3.8, 4) is 0 Å². The third-order valence-corrected chi connectivity index (χ3v) is 5.94. The van der Waals surface area contributed by atoms with Crippen LogP contribution in [0.4, 0.5) is 5.69 Å². The summed E-state index contributed by atoms with van der Waals surface area (Å²) in [5.41, 5.74) is 0.592. The number of hydrogen-bond acceptors (Lipinski definition) is 4. The molecule has 23 heavy (non-hydrogen) atoms.